The molecule has 134 valence electrons. The number of fused-ring (bicyclic) bond motifs is 2. The molecule has 0 N–H and O–H groups in total. The zero-order valence-corrected chi connectivity index (χ0v) is 16.7. The molecule has 0 saturated heterocycles. The lowest BCUT2D eigenvalue weighted by molar-refractivity contribution is 0.427. The van der Waals surface area contributed by atoms with Crippen LogP contribution >= 0.6 is 0 Å². The Morgan fingerprint density at radius 3 is 2.38 bits per heavy atom. The average Bonchev–Trinajstić information content (AvgIpc) is 3.33. The van der Waals surface area contributed by atoms with Crippen molar-refractivity contribution in [1.82, 2.24) is 0 Å². The van der Waals surface area contributed by atoms with Crippen molar-refractivity contribution in [1.29, 1.82) is 0 Å². The van der Waals surface area contributed by atoms with Crippen LogP contribution in [0.15, 0.2) is 59.2 Å². The maximum Gasteiger partial charge on any atom is 0.0139 e. The van der Waals surface area contributed by atoms with E-state index in [1.165, 1.54) is 38.3 Å². The first kappa shape index (κ1) is 17.3. The zero-order valence-electron chi connectivity index (χ0n) is 16.7. The number of rotatable bonds is 5. The van der Waals surface area contributed by atoms with Crippen LogP contribution in [0.2, 0.25) is 0 Å². The predicted octanol–water partition coefficient (Wildman–Crippen LogP) is 5.32. The maximum absolute atomic E-state index is 2.51. The van der Waals surface area contributed by atoms with Crippen LogP contribution in [0.25, 0.3) is 11.6 Å². The quantitative estimate of drug-likeness (QED) is 0.680. The van der Waals surface area contributed by atoms with Crippen molar-refractivity contribution in [3.8, 4) is 0 Å². The van der Waals surface area contributed by atoms with Gasteiger partial charge in [0.15, 0.2) is 0 Å². The summed E-state index contributed by atoms with van der Waals surface area (Å²) in [5, 5.41) is 2.92. The second-order valence-corrected chi connectivity index (χ2v) is 7.79. The SMILES string of the molecule is CCc1cc(CC)c2c(c1)=CC1=C(C3=CC=CC3)C(CC)(CC)C=CC=21. The molecule has 0 atom stereocenters. The third-order valence-electron chi connectivity index (χ3n) is 6.65. The van der Waals surface area contributed by atoms with Gasteiger partial charge < -0.3 is 0 Å². The Hall–Kier alpha value is -2.08. The smallest absolute Gasteiger partial charge is 0.0139 e. The standard InChI is InChI=1S/C26H30/c1-5-18-15-19(6-2)24-21(16-18)17-23-22(24)13-14-26(7-3,8-4)25(23)20-11-9-10-12-20/h9-11,13-17H,5-8,12H2,1-4H3. The van der Waals surface area contributed by atoms with Gasteiger partial charge >= 0.3 is 0 Å². The third-order valence-corrected chi connectivity index (χ3v) is 6.65. The molecule has 0 aromatic heterocycles. The highest BCUT2D eigenvalue weighted by Crippen LogP contribution is 2.49. The third kappa shape index (κ3) is 2.42. The monoisotopic (exact) mass is 342 g/mol. The van der Waals surface area contributed by atoms with Gasteiger partial charge in [-0.1, -0.05) is 70.2 Å². The highest BCUT2D eigenvalue weighted by molar-refractivity contribution is 5.92. The molecule has 0 saturated carbocycles. The fraction of sp³-hybridized carbons (Fsp3) is 0.385. The van der Waals surface area contributed by atoms with E-state index < -0.39 is 0 Å². The lowest BCUT2D eigenvalue weighted by Gasteiger charge is -2.37. The number of hydrogen-bond acceptors (Lipinski definition) is 0. The molecule has 4 rings (SSSR count). The summed E-state index contributed by atoms with van der Waals surface area (Å²) in [6.45, 7) is 9.24. The molecule has 0 aliphatic heterocycles. The van der Waals surface area contributed by atoms with Crippen LogP contribution < -0.4 is 10.4 Å². The molecule has 0 amide bonds. The molecule has 0 spiro atoms. The molecule has 1 aromatic rings. The summed E-state index contributed by atoms with van der Waals surface area (Å²) in [7, 11) is 0. The minimum atomic E-state index is 0.176. The highest BCUT2D eigenvalue weighted by Gasteiger charge is 2.36. The Bertz CT molecular complexity index is 985. The molecule has 3 aliphatic rings. The van der Waals surface area contributed by atoms with E-state index in [1.807, 2.05) is 0 Å². The summed E-state index contributed by atoms with van der Waals surface area (Å²) in [5.41, 5.74) is 9.19. The summed E-state index contributed by atoms with van der Waals surface area (Å²) in [5.74, 6) is 0. The molecule has 0 heterocycles. The van der Waals surface area contributed by atoms with Crippen molar-refractivity contribution in [2.45, 2.75) is 59.8 Å². The zero-order chi connectivity index (χ0) is 18.3. The summed E-state index contributed by atoms with van der Waals surface area (Å²) in [6, 6.07) is 4.84. The van der Waals surface area contributed by atoms with Gasteiger partial charge in [-0.3, -0.25) is 0 Å². The van der Waals surface area contributed by atoms with Gasteiger partial charge in [0.25, 0.3) is 0 Å². The van der Waals surface area contributed by atoms with E-state index >= 15 is 0 Å². The second-order valence-electron chi connectivity index (χ2n) is 7.79. The molecule has 0 radical (unpaired) electrons. The van der Waals surface area contributed by atoms with Gasteiger partial charge in [0.05, 0.1) is 0 Å². The van der Waals surface area contributed by atoms with Crippen LogP contribution in [0.4, 0.5) is 0 Å². The topological polar surface area (TPSA) is 0 Å². The van der Waals surface area contributed by atoms with E-state index in [4.69, 9.17) is 0 Å². The van der Waals surface area contributed by atoms with Crippen molar-refractivity contribution in [2.75, 3.05) is 0 Å². The lowest BCUT2D eigenvalue weighted by Crippen LogP contribution is -2.29. The Kier molecular flexibility index (Phi) is 4.39. The number of benzene rings is 1. The van der Waals surface area contributed by atoms with Gasteiger partial charge in [-0.15, -0.1) is 0 Å². The first-order chi connectivity index (χ1) is 12.7. The molecule has 0 fully saturated rings. The first-order valence-electron chi connectivity index (χ1n) is 10.4. The van der Waals surface area contributed by atoms with Gasteiger partial charge in [0.1, 0.15) is 0 Å². The van der Waals surface area contributed by atoms with Crippen molar-refractivity contribution >= 4 is 11.6 Å². The van der Waals surface area contributed by atoms with E-state index in [0.29, 0.717) is 0 Å². The van der Waals surface area contributed by atoms with Crippen LogP contribution in [0.5, 0.6) is 0 Å². The summed E-state index contributed by atoms with van der Waals surface area (Å²) in [4.78, 5) is 0. The Morgan fingerprint density at radius 1 is 0.962 bits per heavy atom. The molecule has 3 aliphatic carbocycles. The second kappa shape index (κ2) is 6.58. The minimum absolute atomic E-state index is 0.176. The van der Waals surface area contributed by atoms with Gasteiger partial charge in [-0.05, 0) is 82.0 Å². The number of aryl methyl sites for hydroxylation is 2. The van der Waals surface area contributed by atoms with Crippen LogP contribution in [0.3, 0.4) is 0 Å². The predicted molar refractivity (Wildman–Crippen MR) is 113 cm³/mol. The molecule has 0 heteroatoms. The molecule has 0 unspecified atom stereocenters. The number of allylic oxidation sites excluding steroid dienone is 8. The van der Waals surface area contributed by atoms with Gasteiger partial charge in [0.2, 0.25) is 0 Å². The van der Waals surface area contributed by atoms with Crippen LogP contribution in [0, 0.1) is 5.41 Å². The Morgan fingerprint density at radius 2 is 1.77 bits per heavy atom. The molecular weight excluding hydrogens is 312 g/mol. The molecular formula is C26H30. The fourth-order valence-electron chi connectivity index (χ4n) is 5.03. The molecule has 26 heavy (non-hydrogen) atoms. The average molecular weight is 343 g/mol. The van der Waals surface area contributed by atoms with Crippen LogP contribution in [-0.4, -0.2) is 0 Å². The highest BCUT2D eigenvalue weighted by atomic mass is 14.4. The van der Waals surface area contributed by atoms with Crippen LogP contribution in [0.1, 0.15) is 58.1 Å². The van der Waals surface area contributed by atoms with E-state index in [9.17, 15) is 0 Å². The van der Waals surface area contributed by atoms with Crippen molar-refractivity contribution in [2.24, 2.45) is 5.41 Å². The Labute approximate surface area is 158 Å². The minimum Gasteiger partial charge on any atom is -0.0801 e. The molecule has 0 bridgehead atoms. The maximum atomic E-state index is 2.51. The largest absolute Gasteiger partial charge is 0.0801 e. The van der Waals surface area contributed by atoms with Crippen molar-refractivity contribution in [3.05, 3.63) is 80.8 Å². The van der Waals surface area contributed by atoms with Crippen molar-refractivity contribution < 1.29 is 0 Å². The summed E-state index contributed by atoms with van der Waals surface area (Å²) >= 11 is 0. The normalized spacial score (nSPS) is 19.5. The fourth-order valence-corrected chi connectivity index (χ4v) is 5.03. The van der Waals surface area contributed by atoms with E-state index in [1.54, 1.807) is 5.57 Å². The first-order valence-corrected chi connectivity index (χ1v) is 10.4. The van der Waals surface area contributed by atoms with E-state index in [-0.39, 0.29) is 5.41 Å². The molecule has 0 nitrogen and oxygen atoms in total. The van der Waals surface area contributed by atoms with Crippen LogP contribution in [-0.2, 0) is 12.8 Å². The Balaban J connectivity index is 2.07. The summed E-state index contributed by atoms with van der Waals surface area (Å²) < 4.78 is 0. The molecule has 1 aromatic carbocycles. The van der Waals surface area contributed by atoms with Gasteiger partial charge in [0, 0.05) is 5.41 Å². The van der Waals surface area contributed by atoms with E-state index in [0.717, 1.165) is 32.1 Å². The van der Waals surface area contributed by atoms with Gasteiger partial charge in [-0.25, -0.2) is 0 Å². The summed E-state index contributed by atoms with van der Waals surface area (Å²) in [6.07, 6.45) is 19.9. The lowest BCUT2D eigenvalue weighted by atomic mass is 9.67. The van der Waals surface area contributed by atoms with Crippen molar-refractivity contribution in [3.63, 3.8) is 0 Å². The number of hydrogen-bond donors (Lipinski definition) is 0. The van der Waals surface area contributed by atoms with E-state index in [2.05, 4.69) is 76.3 Å². The van der Waals surface area contributed by atoms with Gasteiger partial charge in [-0.2, -0.15) is 0 Å².